The molecule has 4 aliphatic heterocycles. The molecule has 0 saturated heterocycles. The lowest BCUT2D eigenvalue weighted by atomic mass is 9.33. The quantitative estimate of drug-likeness (QED) is 0.160. The highest BCUT2D eigenvalue weighted by molar-refractivity contribution is 8.02. The molecule has 0 atom stereocenters. The Morgan fingerprint density at radius 1 is 0.282 bits per heavy atom. The molecule has 15 rings (SSSR count). The minimum Gasteiger partial charge on any atom is -0.309 e. The highest BCUT2D eigenvalue weighted by atomic mass is 32.2. The van der Waals surface area contributed by atoms with Crippen LogP contribution >= 0.6 is 47.0 Å². The minimum atomic E-state index is 0.0344. The third-order valence-electron chi connectivity index (χ3n) is 17.4. The Kier molecular flexibility index (Phi) is 10.6. The average molecular weight is 1080 g/mol. The Balaban J connectivity index is 0.919. The van der Waals surface area contributed by atoms with Crippen molar-refractivity contribution in [1.82, 2.24) is 9.13 Å². The fourth-order valence-electron chi connectivity index (χ4n) is 13.1. The van der Waals surface area contributed by atoms with Crippen LogP contribution in [0, 0.1) is 0 Å². The SMILES string of the molecule is CC(C)(C)c1ccc2c(c1)c1cc(C(C)(C)C)ccc1n2-c1cc2c3c(c1)Sc1cc4c(cc1B3c1ccccc1S2)B1c2ccccc2Sc2cc(-n3c5ccc(C(C)(C)C)cc5c5cc(C(C)(C)C)ccc53)cc(c21)S4. The molecule has 0 spiro atoms. The fourth-order valence-corrected chi connectivity index (χ4v) is 18.2. The van der Waals surface area contributed by atoms with Crippen LogP contribution in [-0.4, -0.2) is 22.6 Å². The lowest BCUT2D eigenvalue weighted by Crippen LogP contribution is -2.62. The summed E-state index contributed by atoms with van der Waals surface area (Å²) >= 11 is 7.88. The maximum Gasteiger partial charge on any atom is 0.247 e. The molecule has 6 heterocycles. The number of aromatic nitrogens is 2. The molecular weight excluding hydrogens is 1020 g/mol. The van der Waals surface area contributed by atoms with Gasteiger partial charge in [0.05, 0.1) is 22.1 Å². The van der Waals surface area contributed by atoms with Crippen molar-refractivity contribution >= 4 is 137 Å². The van der Waals surface area contributed by atoms with Gasteiger partial charge in [0.1, 0.15) is 0 Å². The first-order chi connectivity index (χ1) is 37.2. The van der Waals surface area contributed by atoms with E-state index >= 15 is 0 Å². The van der Waals surface area contributed by atoms with Gasteiger partial charge in [-0.05, 0) is 146 Å². The van der Waals surface area contributed by atoms with Crippen LogP contribution in [0.15, 0.2) is 197 Å². The van der Waals surface area contributed by atoms with Crippen molar-refractivity contribution in [2.24, 2.45) is 0 Å². The summed E-state index contributed by atoms with van der Waals surface area (Å²) in [5, 5.41) is 5.29. The van der Waals surface area contributed by atoms with Gasteiger partial charge in [0, 0.05) is 72.1 Å². The van der Waals surface area contributed by atoms with Crippen LogP contribution in [0.3, 0.4) is 0 Å². The predicted octanol–water partition coefficient (Wildman–Crippen LogP) is 16.0. The number of nitrogens with zero attached hydrogens (tertiary/aromatic N) is 2. The van der Waals surface area contributed by atoms with Crippen molar-refractivity contribution < 1.29 is 0 Å². The molecule has 9 aromatic carbocycles. The zero-order valence-corrected chi connectivity index (χ0v) is 50.0. The molecule has 8 heteroatoms. The highest BCUT2D eigenvalue weighted by Gasteiger charge is 2.43. The van der Waals surface area contributed by atoms with Crippen LogP contribution in [0.1, 0.15) is 105 Å². The van der Waals surface area contributed by atoms with Gasteiger partial charge in [-0.15, -0.1) is 0 Å². The summed E-state index contributed by atoms with van der Waals surface area (Å²) in [4.78, 5) is 10.9. The van der Waals surface area contributed by atoms with Gasteiger partial charge in [0.25, 0.3) is 0 Å². The summed E-state index contributed by atoms with van der Waals surface area (Å²) in [6, 6.07) is 62.7. The summed E-state index contributed by atoms with van der Waals surface area (Å²) in [6.45, 7) is 28.2. The van der Waals surface area contributed by atoms with E-state index in [1.54, 1.807) is 0 Å². The summed E-state index contributed by atoms with van der Waals surface area (Å²) in [5.74, 6) is 0. The molecule has 78 heavy (non-hydrogen) atoms. The van der Waals surface area contributed by atoms with E-state index in [9.17, 15) is 0 Å². The first-order valence-electron chi connectivity index (χ1n) is 27.8. The van der Waals surface area contributed by atoms with E-state index in [1.165, 1.54) is 149 Å². The molecule has 0 fully saturated rings. The van der Waals surface area contributed by atoms with E-state index in [1.807, 2.05) is 47.0 Å². The van der Waals surface area contributed by atoms with Crippen molar-refractivity contribution in [1.29, 1.82) is 0 Å². The number of hydrogen-bond donors (Lipinski definition) is 0. The summed E-state index contributed by atoms with van der Waals surface area (Å²) < 4.78 is 5.12. The standard InChI is InChI=1S/C70H62B2N2S4/c1-67(2,3)39-21-25-53-45(29-39)46-30-40(68(4,5)6)22-26-54(46)73(53)43-33-61-65-63(35-43)77-59-38-60-52(37-51(59)71(65)49-17-13-15-19-57(49)75-61)72-50-18-14-16-20-58(50)76-62-34-44(36-64(78-60)66(62)72)74-55-27-23-41(69(7,8)9)31-47(55)48-32-42(70(10,11)12)24-28-56(48)74/h13-38H,1-12H3. The number of fused-ring (bicyclic) bond motifs is 14. The fraction of sp³-hybridized carbons (Fsp3) is 0.229. The van der Waals surface area contributed by atoms with Crippen molar-refractivity contribution in [2.75, 3.05) is 0 Å². The third kappa shape index (κ3) is 7.44. The second kappa shape index (κ2) is 16.8. The molecule has 2 nitrogen and oxygen atoms in total. The Bertz CT molecular complexity index is 4030. The van der Waals surface area contributed by atoms with E-state index in [-0.39, 0.29) is 35.1 Å². The van der Waals surface area contributed by atoms with Gasteiger partial charge in [-0.3, -0.25) is 0 Å². The van der Waals surface area contributed by atoms with Crippen LogP contribution in [0.4, 0.5) is 0 Å². The lowest BCUT2D eigenvalue weighted by molar-refractivity contribution is 0.590. The molecule has 11 aromatic rings. The summed E-state index contributed by atoms with van der Waals surface area (Å²) in [7, 11) is 0. The molecule has 0 bridgehead atoms. The monoisotopic (exact) mass is 1080 g/mol. The van der Waals surface area contributed by atoms with Crippen molar-refractivity contribution in [2.45, 2.75) is 144 Å². The summed E-state index contributed by atoms with van der Waals surface area (Å²) in [5.41, 5.74) is 21.7. The van der Waals surface area contributed by atoms with Crippen molar-refractivity contribution in [3.05, 3.63) is 180 Å². The molecule has 0 unspecified atom stereocenters. The average Bonchev–Trinajstić information content (AvgIpc) is 3.96. The molecule has 0 saturated carbocycles. The first kappa shape index (κ1) is 49.2. The second-order valence-corrected chi connectivity index (χ2v) is 30.9. The Morgan fingerprint density at radius 3 is 0.885 bits per heavy atom. The summed E-state index contributed by atoms with van der Waals surface area (Å²) in [6.07, 6.45) is 0. The van der Waals surface area contributed by atoms with Gasteiger partial charge in [0.2, 0.25) is 13.4 Å². The van der Waals surface area contributed by atoms with Crippen LogP contribution in [0.2, 0.25) is 0 Å². The van der Waals surface area contributed by atoms with E-state index in [0.717, 1.165) is 0 Å². The molecule has 0 radical (unpaired) electrons. The Labute approximate surface area is 477 Å². The van der Waals surface area contributed by atoms with Crippen LogP contribution in [0.25, 0.3) is 55.0 Å². The molecule has 0 aliphatic carbocycles. The van der Waals surface area contributed by atoms with Crippen molar-refractivity contribution in [3.63, 3.8) is 0 Å². The lowest BCUT2D eigenvalue weighted by Gasteiger charge is -2.37. The van der Waals surface area contributed by atoms with Gasteiger partial charge < -0.3 is 9.13 Å². The highest BCUT2D eigenvalue weighted by Crippen LogP contribution is 2.47. The first-order valence-corrected chi connectivity index (χ1v) is 31.0. The van der Waals surface area contributed by atoms with Gasteiger partial charge in [0.15, 0.2) is 0 Å². The molecule has 382 valence electrons. The predicted molar refractivity (Wildman–Crippen MR) is 341 cm³/mol. The van der Waals surface area contributed by atoms with E-state index in [2.05, 4.69) is 250 Å². The smallest absolute Gasteiger partial charge is 0.247 e. The number of rotatable bonds is 2. The van der Waals surface area contributed by atoms with Crippen LogP contribution in [0.5, 0.6) is 0 Å². The molecule has 0 N–H and O–H groups in total. The molecule has 4 aliphatic rings. The number of hydrogen-bond acceptors (Lipinski definition) is 4. The van der Waals surface area contributed by atoms with Crippen LogP contribution < -0.4 is 32.8 Å². The third-order valence-corrected chi connectivity index (χ3v) is 21.9. The number of benzene rings is 9. The normalized spacial score (nSPS) is 14.7. The van der Waals surface area contributed by atoms with Gasteiger partial charge in [-0.1, -0.05) is 219 Å². The Morgan fingerprint density at radius 2 is 0.577 bits per heavy atom. The largest absolute Gasteiger partial charge is 0.309 e. The maximum atomic E-state index is 2.65. The maximum absolute atomic E-state index is 2.65. The zero-order valence-electron chi connectivity index (χ0n) is 46.7. The molecule has 0 amide bonds. The zero-order chi connectivity index (χ0) is 53.7. The van der Waals surface area contributed by atoms with E-state index in [4.69, 9.17) is 0 Å². The second-order valence-electron chi connectivity index (χ2n) is 26.6. The molecular formula is C70H62B2N2S4. The minimum absolute atomic E-state index is 0.0344. The van der Waals surface area contributed by atoms with Crippen LogP contribution in [-0.2, 0) is 21.7 Å². The Hall–Kier alpha value is -5.89. The topological polar surface area (TPSA) is 9.86 Å². The van der Waals surface area contributed by atoms with Gasteiger partial charge >= 0.3 is 0 Å². The van der Waals surface area contributed by atoms with E-state index < -0.39 is 0 Å². The van der Waals surface area contributed by atoms with Gasteiger partial charge in [-0.2, -0.15) is 0 Å². The van der Waals surface area contributed by atoms with Crippen molar-refractivity contribution in [3.8, 4) is 11.4 Å². The van der Waals surface area contributed by atoms with E-state index in [0.29, 0.717) is 0 Å². The van der Waals surface area contributed by atoms with Gasteiger partial charge in [-0.25, -0.2) is 0 Å². The molecule has 2 aromatic heterocycles.